The van der Waals surface area contributed by atoms with Crippen molar-refractivity contribution in [2.45, 2.75) is 51.7 Å². The molecule has 2 nitrogen and oxygen atoms in total. The third-order valence-electron chi connectivity index (χ3n) is 1.54. The Balaban J connectivity index is 3.68. The Kier molecular flexibility index (Phi) is 6.84. The molecule has 0 heterocycles. The van der Waals surface area contributed by atoms with Gasteiger partial charge < -0.3 is 10.2 Å². The van der Waals surface area contributed by atoms with Crippen LogP contribution in [0.4, 0.5) is 0 Å². The van der Waals surface area contributed by atoms with Gasteiger partial charge >= 0.3 is 0 Å². The zero-order valence-corrected chi connectivity index (χ0v) is 7.88. The molecule has 0 saturated carbocycles. The van der Waals surface area contributed by atoms with Crippen LogP contribution in [0, 0.1) is 11.8 Å². The summed E-state index contributed by atoms with van der Waals surface area (Å²) >= 11 is 0. The van der Waals surface area contributed by atoms with Crippen LogP contribution in [0.2, 0.25) is 0 Å². The van der Waals surface area contributed by atoms with Crippen molar-refractivity contribution in [3.63, 3.8) is 0 Å². The molecule has 0 amide bonds. The molecule has 0 radical (unpaired) electrons. The van der Waals surface area contributed by atoms with Crippen molar-refractivity contribution in [3.05, 3.63) is 0 Å². The first kappa shape index (κ1) is 11.5. The van der Waals surface area contributed by atoms with Gasteiger partial charge in [-0.2, -0.15) is 0 Å². The van der Waals surface area contributed by atoms with Gasteiger partial charge in [-0.25, -0.2) is 0 Å². The summed E-state index contributed by atoms with van der Waals surface area (Å²) < 4.78 is 0. The highest BCUT2D eigenvalue weighted by atomic mass is 16.3. The van der Waals surface area contributed by atoms with Gasteiger partial charge in [0, 0.05) is 0 Å². The summed E-state index contributed by atoms with van der Waals surface area (Å²) in [6.45, 7) is 3.99. The zero-order valence-electron chi connectivity index (χ0n) is 7.88. The van der Waals surface area contributed by atoms with E-state index in [0.29, 0.717) is 12.8 Å². The highest BCUT2D eigenvalue weighted by molar-refractivity contribution is 5.08. The maximum absolute atomic E-state index is 9.18. The van der Waals surface area contributed by atoms with Gasteiger partial charge in [0.05, 0.1) is 0 Å². The number of aliphatic hydroxyl groups is 2. The lowest BCUT2D eigenvalue weighted by Gasteiger charge is -2.01. The molecule has 12 heavy (non-hydrogen) atoms. The van der Waals surface area contributed by atoms with Crippen molar-refractivity contribution >= 4 is 0 Å². The molecule has 0 aliphatic rings. The predicted octanol–water partition coefficient (Wildman–Crippen LogP) is 1.31. The van der Waals surface area contributed by atoms with E-state index in [1.165, 1.54) is 0 Å². The van der Waals surface area contributed by atoms with Crippen LogP contribution < -0.4 is 0 Å². The lowest BCUT2D eigenvalue weighted by Crippen LogP contribution is -2.06. The first-order chi connectivity index (χ1) is 5.70. The molecule has 0 bridgehead atoms. The highest BCUT2D eigenvalue weighted by Crippen LogP contribution is 1.96. The van der Waals surface area contributed by atoms with Gasteiger partial charge in [-0.15, -0.1) is 0 Å². The van der Waals surface area contributed by atoms with Crippen molar-refractivity contribution in [1.82, 2.24) is 0 Å². The third kappa shape index (κ3) is 6.21. The lowest BCUT2D eigenvalue weighted by atomic mass is 10.2. The van der Waals surface area contributed by atoms with Gasteiger partial charge in [0.1, 0.15) is 12.2 Å². The molecule has 0 fully saturated rings. The molecule has 0 aliphatic carbocycles. The lowest BCUT2D eigenvalue weighted by molar-refractivity contribution is 0.210. The average Bonchev–Trinajstić information content (AvgIpc) is 2.02. The molecule has 2 atom stereocenters. The van der Waals surface area contributed by atoms with E-state index in [-0.39, 0.29) is 0 Å². The smallest absolute Gasteiger partial charge is 0.114 e. The number of hydrogen-bond acceptors (Lipinski definition) is 2. The molecular formula is C10H18O2. The van der Waals surface area contributed by atoms with Gasteiger partial charge in [-0.05, 0) is 12.8 Å². The Morgan fingerprint density at radius 2 is 1.25 bits per heavy atom. The van der Waals surface area contributed by atoms with Crippen molar-refractivity contribution in [2.75, 3.05) is 0 Å². The van der Waals surface area contributed by atoms with E-state index in [9.17, 15) is 10.2 Å². The first-order valence-corrected chi connectivity index (χ1v) is 4.57. The Hall–Kier alpha value is -0.520. The minimum atomic E-state index is -0.568. The maximum atomic E-state index is 9.18. The summed E-state index contributed by atoms with van der Waals surface area (Å²) in [5.41, 5.74) is 0. The van der Waals surface area contributed by atoms with Crippen LogP contribution in [0.25, 0.3) is 0 Å². The summed E-state index contributed by atoms with van der Waals surface area (Å²) in [5.74, 6) is 5.25. The first-order valence-electron chi connectivity index (χ1n) is 4.57. The van der Waals surface area contributed by atoms with Crippen molar-refractivity contribution in [1.29, 1.82) is 0 Å². The van der Waals surface area contributed by atoms with Gasteiger partial charge in [-0.1, -0.05) is 38.5 Å². The second kappa shape index (κ2) is 7.15. The van der Waals surface area contributed by atoms with Crippen LogP contribution in [-0.2, 0) is 0 Å². The van der Waals surface area contributed by atoms with Crippen LogP contribution in [0.15, 0.2) is 0 Å². The quantitative estimate of drug-likeness (QED) is 0.624. The van der Waals surface area contributed by atoms with E-state index >= 15 is 0 Å². The van der Waals surface area contributed by atoms with Crippen LogP contribution in [0.3, 0.4) is 0 Å². The van der Waals surface area contributed by atoms with Crippen molar-refractivity contribution < 1.29 is 10.2 Å². The zero-order chi connectivity index (χ0) is 9.40. The minimum Gasteiger partial charge on any atom is -0.380 e. The average molecular weight is 170 g/mol. The third-order valence-corrected chi connectivity index (χ3v) is 1.54. The minimum absolute atomic E-state index is 0.568. The number of hydrogen-bond donors (Lipinski definition) is 2. The molecule has 0 aromatic heterocycles. The molecule has 0 spiro atoms. The fraction of sp³-hybridized carbons (Fsp3) is 0.800. The summed E-state index contributed by atoms with van der Waals surface area (Å²) in [6, 6.07) is 0. The molecule has 0 aromatic rings. The standard InChI is InChI=1S/C10H18O2/c1-3-5-9(11)7-8-10(12)6-4-2/h9-12H,3-6H2,1-2H3/t9-,10-/m1/s1. The fourth-order valence-corrected chi connectivity index (χ4v) is 0.884. The van der Waals surface area contributed by atoms with E-state index < -0.39 is 12.2 Å². The molecule has 70 valence electrons. The summed E-state index contributed by atoms with van der Waals surface area (Å²) in [4.78, 5) is 0. The van der Waals surface area contributed by atoms with E-state index in [4.69, 9.17) is 0 Å². The largest absolute Gasteiger partial charge is 0.380 e. The maximum Gasteiger partial charge on any atom is 0.114 e. The molecule has 2 N–H and O–H groups in total. The van der Waals surface area contributed by atoms with Gasteiger partial charge in [0.15, 0.2) is 0 Å². The van der Waals surface area contributed by atoms with E-state index in [0.717, 1.165) is 12.8 Å². The molecule has 0 aliphatic heterocycles. The number of rotatable bonds is 4. The Bertz CT molecular complexity index is 139. The monoisotopic (exact) mass is 170 g/mol. The van der Waals surface area contributed by atoms with Gasteiger partial charge in [0.25, 0.3) is 0 Å². The Morgan fingerprint density at radius 3 is 1.50 bits per heavy atom. The molecule has 0 saturated heterocycles. The van der Waals surface area contributed by atoms with Crippen LogP contribution in [0.1, 0.15) is 39.5 Å². The molecule has 0 aromatic carbocycles. The van der Waals surface area contributed by atoms with Crippen LogP contribution in [-0.4, -0.2) is 22.4 Å². The highest BCUT2D eigenvalue weighted by Gasteiger charge is 1.98. The predicted molar refractivity (Wildman–Crippen MR) is 49.6 cm³/mol. The normalized spacial score (nSPS) is 14.7. The van der Waals surface area contributed by atoms with E-state index in [1.54, 1.807) is 0 Å². The van der Waals surface area contributed by atoms with E-state index in [1.807, 2.05) is 13.8 Å². The van der Waals surface area contributed by atoms with Crippen LogP contribution in [0.5, 0.6) is 0 Å². The Morgan fingerprint density at radius 1 is 0.917 bits per heavy atom. The summed E-state index contributed by atoms with van der Waals surface area (Å²) in [6.07, 6.45) is 2.07. The molecular weight excluding hydrogens is 152 g/mol. The fourth-order valence-electron chi connectivity index (χ4n) is 0.884. The second-order valence-electron chi connectivity index (χ2n) is 2.90. The molecule has 2 heteroatoms. The second-order valence-corrected chi connectivity index (χ2v) is 2.90. The van der Waals surface area contributed by atoms with E-state index in [2.05, 4.69) is 11.8 Å². The number of aliphatic hydroxyl groups excluding tert-OH is 2. The van der Waals surface area contributed by atoms with Crippen LogP contribution >= 0.6 is 0 Å². The summed E-state index contributed by atoms with van der Waals surface area (Å²) in [5, 5.41) is 18.4. The molecule has 0 rings (SSSR count). The topological polar surface area (TPSA) is 40.5 Å². The van der Waals surface area contributed by atoms with Crippen molar-refractivity contribution in [2.24, 2.45) is 0 Å². The SMILES string of the molecule is CCC[C@@H](O)C#C[C@H](O)CCC. The molecule has 0 unspecified atom stereocenters. The van der Waals surface area contributed by atoms with Gasteiger partial charge in [-0.3, -0.25) is 0 Å². The van der Waals surface area contributed by atoms with Gasteiger partial charge in [0.2, 0.25) is 0 Å². The summed E-state index contributed by atoms with van der Waals surface area (Å²) in [7, 11) is 0. The van der Waals surface area contributed by atoms with Crippen molar-refractivity contribution in [3.8, 4) is 11.8 Å². The Labute approximate surface area is 74.6 Å².